The summed E-state index contributed by atoms with van der Waals surface area (Å²) in [5.41, 5.74) is 3.09. The van der Waals surface area contributed by atoms with E-state index in [9.17, 15) is 13.2 Å². The van der Waals surface area contributed by atoms with Crippen LogP contribution in [0.25, 0.3) is 32.9 Å². The molecule has 0 saturated heterocycles. The van der Waals surface area contributed by atoms with Crippen molar-refractivity contribution in [3.8, 4) is 17.0 Å². The summed E-state index contributed by atoms with van der Waals surface area (Å²) in [5.74, 6) is 0.357. The summed E-state index contributed by atoms with van der Waals surface area (Å²) in [6, 6.07) is 31.8. The minimum atomic E-state index is -4.75. The van der Waals surface area contributed by atoms with E-state index in [0.29, 0.717) is 11.3 Å². The van der Waals surface area contributed by atoms with Crippen molar-refractivity contribution in [2.45, 2.75) is 16.2 Å². The molecular weight excluding hydrogens is 521 g/mol. The van der Waals surface area contributed by atoms with Gasteiger partial charge in [0.25, 0.3) is 0 Å². The number of rotatable bonds is 6. The highest BCUT2D eigenvalue weighted by atomic mass is 32.2. The van der Waals surface area contributed by atoms with Gasteiger partial charge in [-0.25, -0.2) is 0 Å². The third-order valence-corrected chi connectivity index (χ3v) is 7.07. The van der Waals surface area contributed by atoms with Crippen molar-refractivity contribution in [1.82, 2.24) is 15.2 Å². The number of aromatic nitrogens is 3. The van der Waals surface area contributed by atoms with Gasteiger partial charge in [-0.15, -0.1) is 23.4 Å². The average molecular weight is 541 g/mol. The van der Waals surface area contributed by atoms with Gasteiger partial charge in [-0.2, -0.15) is 0 Å². The van der Waals surface area contributed by atoms with Crippen LogP contribution in [0.15, 0.2) is 119 Å². The van der Waals surface area contributed by atoms with Crippen molar-refractivity contribution in [3.05, 3.63) is 109 Å². The van der Waals surface area contributed by atoms with Crippen LogP contribution in [0.4, 0.5) is 24.7 Å². The molecule has 0 unspecified atom stereocenters. The van der Waals surface area contributed by atoms with E-state index in [1.54, 1.807) is 12.3 Å². The Morgan fingerprint density at radius 1 is 0.718 bits per heavy atom. The van der Waals surface area contributed by atoms with E-state index in [0.717, 1.165) is 42.9 Å². The van der Waals surface area contributed by atoms with Crippen molar-refractivity contribution >= 4 is 44.9 Å². The van der Waals surface area contributed by atoms with Gasteiger partial charge in [0.15, 0.2) is 5.82 Å². The molecule has 6 rings (SSSR count). The lowest BCUT2D eigenvalue weighted by atomic mass is 10.0. The van der Waals surface area contributed by atoms with Crippen LogP contribution in [0.2, 0.25) is 0 Å². The number of hydrogen-bond donors (Lipinski definition) is 1. The molecule has 0 bridgehead atoms. The molecule has 39 heavy (non-hydrogen) atoms. The summed E-state index contributed by atoms with van der Waals surface area (Å²) in [4.78, 5) is 6.03. The molecule has 1 N–H and O–H groups in total. The van der Waals surface area contributed by atoms with Crippen LogP contribution in [0.5, 0.6) is 5.75 Å². The quantitative estimate of drug-likeness (QED) is 0.228. The molecule has 0 amide bonds. The van der Waals surface area contributed by atoms with Crippen molar-refractivity contribution in [1.29, 1.82) is 0 Å². The number of ether oxygens (including phenoxy) is 1. The van der Waals surface area contributed by atoms with Crippen molar-refractivity contribution in [2.24, 2.45) is 0 Å². The van der Waals surface area contributed by atoms with Gasteiger partial charge in [-0.3, -0.25) is 4.98 Å². The van der Waals surface area contributed by atoms with Crippen LogP contribution in [0.1, 0.15) is 0 Å². The number of fused-ring (bicyclic) bond motifs is 2. The third kappa shape index (κ3) is 5.49. The van der Waals surface area contributed by atoms with Crippen LogP contribution in [0.3, 0.4) is 0 Å². The summed E-state index contributed by atoms with van der Waals surface area (Å²) < 4.78 is 41.8. The Bertz CT molecular complexity index is 1780. The van der Waals surface area contributed by atoms with Crippen LogP contribution in [-0.2, 0) is 0 Å². The zero-order chi connectivity index (χ0) is 26.8. The Morgan fingerprint density at radius 3 is 2.23 bits per heavy atom. The highest BCUT2D eigenvalue weighted by molar-refractivity contribution is 7.99. The van der Waals surface area contributed by atoms with Gasteiger partial charge in [0.05, 0.1) is 5.52 Å². The lowest BCUT2D eigenvalue weighted by molar-refractivity contribution is -0.274. The van der Waals surface area contributed by atoms with Gasteiger partial charge in [0, 0.05) is 49.5 Å². The van der Waals surface area contributed by atoms with Gasteiger partial charge in [-0.05, 0) is 42.5 Å². The minimum absolute atomic E-state index is 0.299. The fraction of sp³-hybridized carbons (Fsp3) is 0.0333. The Kier molecular flexibility index (Phi) is 6.50. The first-order valence-corrected chi connectivity index (χ1v) is 12.7. The summed E-state index contributed by atoms with van der Waals surface area (Å²) in [5, 5.41) is 15.1. The number of halogens is 3. The Balaban J connectivity index is 1.23. The fourth-order valence-corrected chi connectivity index (χ4v) is 5.20. The zero-order valence-corrected chi connectivity index (χ0v) is 21.0. The molecule has 6 aromatic rings. The largest absolute Gasteiger partial charge is 0.573 e. The maximum atomic E-state index is 12.6. The molecule has 2 heterocycles. The molecule has 0 spiro atoms. The van der Waals surface area contributed by atoms with Gasteiger partial charge < -0.3 is 10.1 Å². The number of anilines is 2. The normalized spacial score (nSPS) is 11.6. The predicted molar refractivity (Wildman–Crippen MR) is 147 cm³/mol. The SMILES string of the molecule is FC(F)(F)Oc1ccc2c(Sc3ccc(Nc4nnc(-c5ccccc5)c5ccccc45)cc3)ccnc2c1. The zero-order valence-electron chi connectivity index (χ0n) is 20.2. The molecule has 0 atom stereocenters. The number of alkyl halides is 3. The first-order chi connectivity index (χ1) is 18.9. The average Bonchev–Trinajstić information content (AvgIpc) is 2.94. The second-order valence-corrected chi connectivity index (χ2v) is 9.71. The van der Waals surface area contributed by atoms with Crippen LogP contribution >= 0.6 is 11.8 Å². The number of nitrogens with one attached hydrogen (secondary N) is 1. The molecule has 0 aliphatic heterocycles. The topological polar surface area (TPSA) is 59.9 Å². The molecule has 9 heteroatoms. The second kappa shape index (κ2) is 10.3. The number of pyridine rings is 1. The Hall–Kier alpha value is -4.63. The number of benzene rings is 4. The highest BCUT2D eigenvalue weighted by Gasteiger charge is 2.31. The van der Waals surface area contributed by atoms with Crippen molar-refractivity contribution in [2.75, 3.05) is 5.32 Å². The van der Waals surface area contributed by atoms with Crippen LogP contribution in [0, 0.1) is 0 Å². The number of nitrogens with zero attached hydrogens (tertiary/aromatic N) is 3. The van der Waals surface area contributed by atoms with E-state index in [1.165, 1.54) is 23.9 Å². The summed E-state index contributed by atoms with van der Waals surface area (Å²) >= 11 is 1.49. The maximum Gasteiger partial charge on any atom is 0.573 e. The lowest BCUT2D eigenvalue weighted by Crippen LogP contribution is -2.17. The minimum Gasteiger partial charge on any atom is -0.406 e. The molecule has 0 aliphatic carbocycles. The number of hydrogen-bond acceptors (Lipinski definition) is 6. The van der Waals surface area contributed by atoms with E-state index in [-0.39, 0.29) is 5.75 Å². The summed E-state index contributed by atoms with van der Waals surface area (Å²) in [6.07, 6.45) is -3.18. The smallest absolute Gasteiger partial charge is 0.406 e. The first-order valence-electron chi connectivity index (χ1n) is 11.9. The molecule has 192 valence electrons. The van der Waals surface area contributed by atoms with E-state index in [1.807, 2.05) is 84.9 Å². The highest BCUT2D eigenvalue weighted by Crippen LogP contribution is 2.36. The van der Waals surface area contributed by atoms with Gasteiger partial charge in [0.1, 0.15) is 11.4 Å². The van der Waals surface area contributed by atoms with E-state index in [4.69, 9.17) is 0 Å². The van der Waals surface area contributed by atoms with Crippen molar-refractivity contribution in [3.63, 3.8) is 0 Å². The van der Waals surface area contributed by atoms with E-state index >= 15 is 0 Å². The molecule has 0 radical (unpaired) electrons. The van der Waals surface area contributed by atoms with Crippen molar-refractivity contribution < 1.29 is 17.9 Å². The second-order valence-electron chi connectivity index (χ2n) is 8.60. The van der Waals surface area contributed by atoms with Gasteiger partial charge in [-0.1, -0.05) is 66.4 Å². The van der Waals surface area contributed by atoms with Crippen LogP contribution in [-0.4, -0.2) is 21.5 Å². The lowest BCUT2D eigenvalue weighted by Gasteiger charge is -2.12. The summed E-state index contributed by atoms with van der Waals surface area (Å²) in [6.45, 7) is 0. The maximum absolute atomic E-state index is 12.6. The molecule has 2 aromatic heterocycles. The Morgan fingerprint density at radius 2 is 1.46 bits per heavy atom. The molecular formula is C30H19F3N4OS. The van der Waals surface area contributed by atoms with Crippen LogP contribution < -0.4 is 10.1 Å². The first kappa shape index (κ1) is 24.7. The van der Waals surface area contributed by atoms with Gasteiger partial charge in [0.2, 0.25) is 0 Å². The summed E-state index contributed by atoms with van der Waals surface area (Å²) in [7, 11) is 0. The molecule has 0 aliphatic rings. The predicted octanol–water partition coefficient (Wildman–Crippen LogP) is 8.64. The van der Waals surface area contributed by atoms with E-state index in [2.05, 4.69) is 25.2 Å². The monoisotopic (exact) mass is 540 g/mol. The fourth-order valence-electron chi connectivity index (χ4n) is 4.26. The molecule has 4 aromatic carbocycles. The molecule has 0 fully saturated rings. The van der Waals surface area contributed by atoms with Gasteiger partial charge >= 0.3 is 6.36 Å². The molecule has 5 nitrogen and oxygen atoms in total. The Labute approximate surface area is 225 Å². The third-order valence-electron chi connectivity index (χ3n) is 5.99. The standard InChI is InChI=1S/C30H19F3N4OS/c31-30(32,33)38-21-12-15-25-26(18-21)34-17-16-27(25)39-22-13-10-20(11-14-22)35-29-24-9-5-4-8-23(24)28(36-37-29)19-6-2-1-3-7-19/h1-18H,(H,35,37). The van der Waals surface area contributed by atoms with E-state index < -0.39 is 6.36 Å². The molecule has 0 saturated carbocycles.